The maximum Gasteiger partial charge on any atom is 0.229 e. The molecule has 2 aromatic rings. The summed E-state index contributed by atoms with van der Waals surface area (Å²) in [5, 5.41) is 3.17. The molecule has 4 heteroatoms. The molecule has 0 radical (unpaired) electrons. The van der Waals surface area contributed by atoms with Gasteiger partial charge >= 0.3 is 0 Å². The number of nitrogens with one attached hydrogen (secondary N) is 1. The quantitative estimate of drug-likeness (QED) is 0.780. The number of carbonyl (C=O) groups is 1. The molecular weight excluding hydrogens is 346 g/mol. The second-order valence-corrected chi connectivity index (χ2v) is 8.76. The molecule has 4 rings (SSSR count). The van der Waals surface area contributed by atoms with Gasteiger partial charge in [0.05, 0.1) is 17.3 Å². The highest BCUT2D eigenvalue weighted by atomic mass is 16.2. The molecule has 2 fully saturated rings. The molecule has 0 aliphatic carbocycles. The van der Waals surface area contributed by atoms with Crippen LogP contribution in [0.5, 0.6) is 0 Å². The Morgan fingerprint density at radius 1 is 1.07 bits per heavy atom. The van der Waals surface area contributed by atoms with E-state index in [4.69, 9.17) is 5.73 Å². The van der Waals surface area contributed by atoms with Crippen LogP contribution in [0.1, 0.15) is 47.4 Å². The summed E-state index contributed by atoms with van der Waals surface area (Å²) in [5.74, 6) is 0.285. The van der Waals surface area contributed by atoms with E-state index in [2.05, 4.69) is 55.4 Å². The van der Waals surface area contributed by atoms with Crippen molar-refractivity contribution in [3.8, 4) is 0 Å². The smallest absolute Gasteiger partial charge is 0.229 e. The fourth-order valence-electron chi connectivity index (χ4n) is 5.14. The zero-order chi connectivity index (χ0) is 20.0. The summed E-state index contributed by atoms with van der Waals surface area (Å²) in [4.78, 5) is 15.9. The summed E-state index contributed by atoms with van der Waals surface area (Å²) in [6, 6.07) is 13.5. The maximum absolute atomic E-state index is 13.5. The van der Waals surface area contributed by atoms with Gasteiger partial charge in [-0.25, -0.2) is 0 Å². The average Bonchev–Trinajstić information content (AvgIpc) is 2.89. The minimum absolute atomic E-state index is 0.0625. The number of piperidine rings is 1. The third kappa shape index (κ3) is 3.30. The molecule has 2 heterocycles. The van der Waals surface area contributed by atoms with Crippen molar-refractivity contribution in [3.05, 3.63) is 58.7 Å². The molecule has 0 aromatic heterocycles. The van der Waals surface area contributed by atoms with Gasteiger partial charge in [0.2, 0.25) is 5.91 Å². The van der Waals surface area contributed by atoms with E-state index in [-0.39, 0.29) is 23.8 Å². The molecule has 4 unspecified atom stereocenters. The van der Waals surface area contributed by atoms with Crippen LogP contribution in [0.4, 0.5) is 11.4 Å². The number of rotatable bonds is 3. The lowest BCUT2D eigenvalue weighted by molar-refractivity contribution is -0.124. The molecule has 4 nitrogen and oxygen atoms in total. The Kier molecular flexibility index (Phi) is 4.92. The number of aryl methyl sites for hydroxylation is 3. The topological polar surface area (TPSA) is 58.4 Å². The van der Waals surface area contributed by atoms with Gasteiger partial charge in [0, 0.05) is 12.1 Å². The van der Waals surface area contributed by atoms with E-state index in [0.29, 0.717) is 11.7 Å². The van der Waals surface area contributed by atoms with Gasteiger partial charge in [-0.3, -0.25) is 9.69 Å². The van der Waals surface area contributed by atoms with Crippen LogP contribution in [-0.2, 0) is 4.79 Å². The number of nitrogens with two attached hydrogens (primary N) is 1. The van der Waals surface area contributed by atoms with Gasteiger partial charge in [-0.1, -0.05) is 29.8 Å². The molecular formula is C24H31N3O. The van der Waals surface area contributed by atoms with Crippen LogP contribution < -0.4 is 11.1 Å². The van der Waals surface area contributed by atoms with Crippen molar-refractivity contribution in [1.29, 1.82) is 0 Å². The van der Waals surface area contributed by atoms with Crippen molar-refractivity contribution in [3.63, 3.8) is 0 Å². The normalized spacial score (nSPS) is 27.0. The third-order valence-electron chi connectivity index (χ3n) is 7.00. The van der Waals surface area contributed by atoms with Gasteiger partial charge in [0.15, 0.2) is 0 Å². The molecule has 2 aliphatic heterocycles. The summed E-state index contributed by atoms with van der Waals surface area (Å²) >= 11 is 0. The fraction of sp³-hybridized carbons (Fsp3) is 0.458. The van der Waals surface area contributed by atoms with Crippen LogP contribution in [-0.4, -0.2) is 29.9 Å². The molecule has 4 atom stereocenters. The summed E-state index contributed by atoms with van der Waals surface area (Å²) < 4.78 is 0. The Labute approximate surface area is 168 Å². The Morgan fingerprint density at radius 3 is 2.46 bits per heavy atom. The van der Waals surface area contributed by atoms with Crippen molar-refractivity contribution >= 4 is 17.3 Å². The zero-order valence-electron chi connectivity index (χ0n) is 17.3. The minimum Gasteiger partial charge on any atom is -0.397 e. The number of nitrogens with zero attached hydrogens (tertiary/aromatic N) is 1. The molecule has 2 aliphatic rings. The third-order valence-corrected chi connectivity index (χ3v) is 7.00. The van der Waals surface area contributed by atoms with E-state index in [0.717, 1.165) is 29.7 Å². The highest BCUT2D eigenvalue weighted by Crippen LogP contribution is 2.46. The van der Waals surface area contributed by atoms with Gasteiger partial charge in [-0.05, 0) is 81.8 Å². The predicted octanol–water partition coefficient (Wildman–Crippen LogP) is 4.40. The first kappa shape index (κ1) is 19.0. The predicted molar refractivity (Wildman–Crippen MR) is 116 cm³/mol. The molecule has 148 valence electrons. The monoisotopic (exact) mass is 377 g/mol. The van der Waals surface area contributed by atoms with Crippen molar-refractivity contribution < 1.29 is 4.79 Å². The largest absolute Gasteiger partial charge is 0.397 e. The minimum atomic E-state index is -0.0625. The first-order valence-corrected chi connectivity index (χ1v) is 10.3. The number of fused-ring (bicyclic) bond motifs is 2. The van der Waals surface area contributed by atoms with Crippen LogP contribution >= 0.6 is 0 Å². The van der Waals surface area contributed by atoms with Crippen LogP contribution in [0, 0.1) is 26.7 Å². The van der Waals surface area contributed by atoms with Crippen molar-refractivity contribution in [2.75, 3.05) is 18.1 Å². The molecule has 1 amide bonds. The number of hydrogen-bond acceptors (Lipinski definition) is 3. The van der Waals surface area contributed by atoms with Gasteiger partial charge in [-0.2, -0.15) is 0 Å². The van der Waals surface area contributed by atoms with E-state index in [9.17, 15) is 4.79 Å². The molecule has 0 spiro atoms. The highest BCUT2D eigenvalue weighted by molar-refractivity contribution is 5.96. The Hall–Kier alpha value is -2.33. The Balaban J connectivity index is 1.66. The van der Waals surface area contributed by atoms with E-state index in [1.807, 2.05) is 19.1 Å². The number of hydrogen-bond donors (Lipinski definition) is 2. The van der Waals surface area contributed by atoms with Crippen LogP contribution in [0.25, 0.3) is 0 Å². The van der Waals surface area contributed by atoms with Crippen LogP contribution in [0.15, 0.2) is 36.4 Å². The summed E-state index contributed by atoms with van der Waals surface area (Å²) in [6.45, 7) is 6.20. The van der Waals surface area contributed by atoms with E-state index in [1.165, 1.54) is 17.5 Å². The maximum atomic E-state index is 13.5. The van der Waals surface area contributed by atoms with E-state index in [1.54, 1.807) is 0 Å². The van der Waals surface area contributed by atoms with E-state index >= 15 is 0 Å². The Morgan fingerprint density at radius 2 is 1.75 bits per heavy atom. The summed E-state index contributed by atoms with van der Waals surface area (Å²) in [6.07, 6.45) is 3.31. The summed E-state index contributed by atoms with van der Waals surface area (Å²) in [7, 11) is 2.18. The first-order chi connectivity index (χ1) is 13.3. The van der Waals surface area contributed by atoms with Crippen molar-refractivity contribution in [2.45, 2.75) is 58.0 Å². The highest BCUT2D eigenvalue weighted by Gasteiger charge is 2.49. The number of benzene rings is 2. The fourth-order valence-corrected chi connectivity index (χ4v) is 5.14. The molecule has 2 aromatic carbocycles. The lowest BCUT2D eigenvalue weighted by atomic mass is 9.75. The van der Waals surface area contributed by atoms with Crippen molar-refractivity contribution in [2.24, 2.45) is 5.92 Å². The molecule has 2 saturated heterocycles. The SMILES string of the molecule is Cc1ccc(C2CC3CCC(C2C(=O)Nc2cc(C)c(C)cc2N)N3C)cc1. The molecule has 2 bridgehead atoms. The molecule has 28 heavy (non-hydrogen) atoms. The van der Waals surface area contributed by atoms with Crippen LogP contribution in [0.3, 0.4) is 0 Å². The standard InChI is InChI=1S/C24H31N3O/c1-14-5-7-17(8-6-14)19-13-18-9-10-22(27(18)4)23(19)24(28)26-21-12-16(3)15(2)11-20(21)25/h5-8,11-12,18-19,22-23H,9-10,13,25H2,1-4H3,(H,26,28). The number of amides is 1. The number of carbonyl (C=O) groups excluding carboxylic acids is 1. The van der Waals surface area contributed by atoms with Gasteiger partial charge in [-0.15, -0.1) is 0 Å². The first-order valence-electron chi connectivity index (χ1n) is 10.3. The number of anilines is 2. The summed E-state index contributed by atoms with van der Waals surface area (Å²) in [5.41, 5.74) is 12.4. The Bertz CT molecular complexity index is 889. The zero-order valence-corrected chi connectivity index (χ0v) is 17.3. The van der Waals surface area contributed by atoms with Crippen LogP contribution in [0.2, 0.25) is 0 Å². The lowest BCUT2D eigenvalue weighted by Crippen LogP contribution is -2.50. The van der Waals surface area contributed by atoms with Gasteiger partial charge in [0.25, 0.3) is 0 Å². The molecule has 0 saturated carbocycles. The van der Waals surface area contributed by atoms with E-state index < -0.39 is 0 Å². The molecule has 3 N–H and O–H groups in total. The van der Waals surface area contributed by atoms with Gasteiger partial charge < -0.3 is 11.1 Å². The number of nitrogen functional groups attached to an aromatic ring is 1. The van der Waals surface area contributed by atoms with Gasteiger partial charge in [0.1, 0.15) is 0 Å². The second kappa shape index (κ2) is 7.25. The second-order valence-electron chi connectivity index (χ2n) is 8.76. The average molecular weight is 378 g/mol. The van der Waals surface area contributed by atoms with Crippen molar-refractivity contribution in [1.82, 2.24) is 4.90 Å². The lowest BCUT2D eigenvalue weighted by Gasteiger charge is -2.42.